The second kappa shape index (κ2) is 3.63. The third-order valence-corrected chi connectivity index (χ3v) is 4.81. The highest BCUT2D eigenvalue weighted by molar-refractivity contribution is 5.88. The van der Waals surface area contributed by atoms with E-state index in [-0.39, 0.29) is 29.3 Å². The fraction of sp³-hybridized carbons (Fsp3) is 0.571. The summed E-state index contributed by atoms with van der Waals surface area (Å²) in [5, 5.41) is 9.24. The Morgan fingerprint density at radius 1 is 1.50 bits per heavy atom. The number of carboxylic acid groups (broad SMARTS) is 1. The Balaban J connectivity index is 1.78. The molecule has 6 nitrogen and oxygen atoms in total. The van der Waals surface area contributed by atoms with E-state index >= 15 is 0 Å². The van der Waals surface area contributed by atoms with Gasteiger partial charge in [-0.1, -0.05) is 13.0 Å². The predicted molar refractivity (Wildman–Crippen MR) is 64.2 cm³/mol. The Morgan fingerprint density at radius 3 is 3.00 bits per heavy atom. The van der Waals surface area contributed by atoms with E-state index in [4.69, 9.17) is 14.2 Å². The molecule has 2 fully saturated rings. The van der Waals surface area contributed by atoms with Crippen molar-refractivity contribution in [2.75, 3.05) is 0 Å². The summed E-state index contributed by atoms with van der Waals surface area (Å²) in [5.41, 5.74) is -0.679. The zero-order valence-electron chi connectivity index (χ0n) is 10.8. The quantitative estimate of drug-likeness (QED) is 0.595. The van der Waals surface area contributed by atoms with Gasteiger partial charge in [0.2, 0.25) is 6.29 Å². The van der Waals surface area contributed by atoms with E-state index in [0.717, 1.165) is 0 Å². The van der Waals surface area contributed by atoms with Gasteiger partial charge in [0.1, 0.15) is 6.10 Å². The van der Waals surface area contributed by atoms with Crippen molar-refractivity contribution < 1.29 is 28.9 Å². The maximum absolute atomic E-state index is 12.0. The second-order valence-corrected chi connectivity index (χ2v) is 5.64. The number of hydrogen-bond donors (Lipinski definition) is 1. The summed E-state index contributed by atoms with van der Waals surface area (Å²) in [4.78, 5) is 23.3. The average Bonchev–Trinajstić information content (AvgIpc) is 3.00. The van der Waals surface area contributed by atoms with Gasteiger partial charge in [-0.25, -0.2) is 4.79 Å². The lowest BCUT2D eigenvalue weighted by molar-refractivity contribution is -0.162. The minimum absolute atomic E-state index is 0.180. The molecule has 6 atom stereocenters. The van der Waals surface area contributed by atoms with Crippen LogP contribution in [-0.4, -0.2) is 35.0 Å². The van der Waals surface area contributed by atoms with Crippen LogP contribution in [0.4, 0.5) is 0 Å². The van der Waals surface area contributed by atoms with Crippen molar-refractivity contribution in [2.24, 2.45) is 17.8 Å². The van der Waals surface area contributed by atoms with Crippen LogP contribution in [0.25, 0.3) is 0 Å². The van der Waals surface area contributed by atoms with Gasteiger partial charge < -0.3 is 19.3 Å². The Morgan fingerprint density at radius 2 is 2.30 bits per heavy atom. The monoisotopic (exact) mass is 278 g/mol. The molecule has 0 amide bonds. The number of carboxylic acids is 1. The zero-order chi connectivity index (χ0) is 14.1. The van der Waals surface area contributed by atoms with Crippen molar-refractivity contribution in [1.29, 1.82) is 0 Å². The van der Waals surface area contributed by atoms with E-state index < -0.39 is 24.0 Å². The van der Waals surface area contributed by atoms with E-state index in [9.17, 15) is 14.7 Å². The minimum atomic E-state index is -1.02. The molecule has 6 unspecified atom stereocenters. The molecule has 3 aliphatic heterocycles. The molecule has 1 N–H and O–H groups in total. The molecule has 4 aliphatic rings. The van der Waals surface area contributed by atoms with Crippen LogP contribution in [-0.2, 0) is 23.8 Å². The molecule has 0 aromatic carbocycles. The number of rotatable bonds is 2. The molecule has 20 heavy (non-hydrogen) atoms. The normalized spacial score (nSPS) is 47.4. The van der Waals surface area contributed by atoms with Crippen molar-refractivity contribution in [3.05, 3.63) is 24.0 Å². The standard InChI is InChI=1S/C14H14O6/c1-2-6-10-14(20-12(6)17)4-3-7-8(11(15)16)5-18-13(19-10)9(7)14/h3-7,9-10,13H,2H2,1H3,(H,15,16). The van der Waals surface area contributed by atoms with Gasteiger partial charge in [0.25, 0.3) is 0 Å². The molecule has 1 spiro atoms. The molecule has 6 heteroatoms. The molecular weight excluding hydrogens is 264 g/mol. The summed E-state index contributed by atoms with van der Waals surface area (Å²) in [6, 6.07) is 0. The minimum Gasteiger partial charge on any atom is -0.478 e. The Labute approximate surface area is 115 Å². The SMILES string of the molecule is CCC1C(=O)OC23C=CC4C(C(=O)O)=COC(OC12)C43. The Hall–Kier alpha value is -1.82. The lowest BCUT2D eigenvalue weighted by atomic mass is 9.77. The number of ether oxygens (including phenoxy) is 3. The molecule has 0 aromatic rings. The van der Waals surface area contributed by atoms with Crippen molar-refractivity contribution in [2.45, 2.75) is 31.3 Å². The van der Waals surface area contributed by atoms with Gasteiger partial charge in [-0.15, -0.1) is 0 Å². The highest BCUT2D eigenvalue weighted by atomic mass is 16.7. The van der Waals surface area contributed by atoms with Crippen LogP contribution >= 0.6 is 0 Å². The summed E-state index contributed by atoms with van der Waals surface area (Å²) < 4.78 is 16.9. The molecule has 4 rings (SSSR count). The first-order chi connectivity index (χ1) is 9.58. The summed E-state index contributed by atoms with van der Waals surface area (Å²) in [5.74, 6) is -2.24. The van der Waals surface area contributed by atoms with Gasteiger partial charge in [-0.05, 0) is 12.5 Å². The highest BCUT2D eigenvalue weighted by Crippen LogP contribution is 2.58. The van der Waals surface area contributed by atoms with Crippen LogP contribution in [0.1, 0.15) is 13.3 Å². The molecule has 2 saturated heterocycles. The number of carbonyl (C=O) groups excluding carboxylic acids is 1. The predicted octanol–water partition coefficient (Wildman–Crippen LogP) is 0.834. The summed E-state index contributed by atoms with van der Waals surface area (Å²) in [7, 11) is 0. The van der Waals surface area contributed by atoms with Gasteiger partial charge in [-0.3, -0.25) is 4.79 Å². The first-order valence-corrected chi connectivity index (χ1v) is 6.75. The van der Waals surface area contributed by atoms with E-state index in [0.29, 0.717) is 6.42 Å². The maximum atomic E-state index is 12.0. The van der Waals surface area contributed by atoms with Crippen molar-refractivity contribution >= 4 is 11.9 Å². The maximum Gasteiger partial charge on any atom is 0.335 e. The van der Waals surface area contributed by atoms with Crippen LogP contribution < -0.4 is 0 Å². The van der Waals surface area contributed by atoms with Crippen molar-refractivity contribution in [3.8, 4) is 0 Å². The number of hydrogen-bond acceptors (Lipinski definition) is 5. The second-order valence-electron chi connectivity index (χ2n) is 5.64. The molecule has 0 radical (unpaired) electrons. The first-order valence-electron chi connectivity index (χ1n) is 6.75. The van der Waals surface area contributed by atoms with Crippen LogP contribution in [0.2, 0.25) is 0 Å². The van der Waals surface area contributed by atoms with Gasteiger partial charge in [-0.2, -0.15) is 0 Å². The van der Waals surface area contributed by atoms with Crippen LogP contribution in [0.5, 0.6) is 0 Å². The van der Waals surface area contributed by atoms with E-state index in [1.165, 1.54) is 6.26 Å². The molecule has 1 aliphatic carbocycles. The third kappa shape index (κ3) is 1.18. The van der Waals surface area contributed by atoms with Crippen molar-refractivity contribution in [1.82, 2.24) is 0 Å². The topological polar surface area (TPSA) is 82.1 Å². The Bertz CT molecular complexity index is 564. The van der Waals surface area contributed by atoms with E-state index in [1.807, 2.05) is 6.92 Å². The largest absolute Gasteiger partial charge is 0.478 e. The fourth-order valence-corrected chi connectivity index (χ4v) is 3.92. The summed E-state index contributed by atoms with van der Waals surface area (Å²) in [6.45, 7) is 1.91. The molecule has 0 bridgehead atoms. The van der Waals surface area contributed by atoms with Gasteiger partial charge in [0, 0.05) is 5.92 Å². The lowest BCUT2D eigenvalue weighted by Gasteiger charge is -2.32. The van der Waals surface area contributed by atoms with Crippen LogP contribution in [0, 0.1) is 17.8 Å². The highest BCUT2D eigenvalue weighted by Gasteiger charge is 2.71. The van der Waals surface area contributed by atoms with Gasteiger partial charge >= 0.3 is 11.9 Å². The molecular formula is C14H14O6. The van der Waals surface area contributed by atoms with Gasteiger partial charge in [0.05, 0.1) is 23.7 Å². The fourth-order valence-electron chi connectivity index (χ4n) is 3.92. The average molecular weight is 278 g/mol. The number of esters is 1. The summed E-state index contributed by atoms with van der Waals surface area (Å²) >= 11 is 0. The summed E-state index contributed by atoms with van der Waals surface area (Å²) in [6.07, 6.45) is 4.54. The molecule has 3 heterocycles. The number of allylic oxidation sites excluding steroid dienone is 1. The molecule has 0 saturated carbocycles. The number of carbonyl (C=O) groups is 2. The smallest absolute Gasteiger partial charge is 0.335 e. The van der Waals surface area contributed by atoms with Crippen LogP contribution in [0.3, 0.4) is 0 Å². The zero-order valence-corrected chi connectivity index (χ0v) is 10.8. The third-order valence-electron chi connectivity index (χ3n) is 4.81. The Kier molecular flexibility index (Phi) is 2.17. The number of aliphatic carboxylic acids is 1. The van der Waals surface area contributed by atoms with Crippen LogP contribution in [0.15, 0.2) is 24.0 Å². The molecule has 0 aromatic heterocycles. The van der Waals surface area contributed by atoms with E-state index in [1.54, 1.807) is 12.2 Å². The molecule has 106 valence electrons. The first kappa shape index (κ1) is 12.0. The van der Waals surface area contributed by atoms with E-state index in [2.05, 4.69) is 0 Å². The van der Waals surface area contributed by atoms with Crippen molar-refractivity contribution in [3.63, 3.8) is 0 Å². The lowest BCUT2D eigenvalue weighted by Crippen LogP contribution is -2.43. The van der Waals surface area contributed by atoms with Gasteiger partial charge in [0.15, 0.2) is 5.60 Å².